The zero-order chi connectivity index (χ0) is 34.4. The lowest BCUT2D eigenvalue weighted by molar-refractivity contribution is 0.177. The van der Waals surface area contributed by atoms with Crippen LogP contribution in [0.3, 0.4) is 0 Å². The number of fused-ring (bicyclic) bond motifs is 2. The van der Waals surface area contributed by atoms with Crippen molar-refractivity contribution >= 4 is 0 Å². The van der Waals surface area contributed by atoms with Crippen molar-refractivity contribution in [3.63, 3.8) is 0 Å². The van der Waals surface area contributed by atoms with Crippen LogP contribution < -0.4 is 18.9 Å². The first-order valence-electron chi connectivity index (χ1n) is 18.2. The molecule has 50 heavy (non-hydrogen) atoms. The minimum Gasteiger partial charge on any atom is -0.493 e. The maximum Gasteiger partial charge on any atom is 0.170 e. The van der Waals surface area contributed by atoms with E-state index in [1.54, 1.807) is 7.11 Å². The highest BCUT2D eigenvalue weighted by Gasteiger charge is 2.34. The fourth-order valence-electron chi connectivity index (χ4n) is 8.12. The third-order valence-corrected chi connectivity index (χ3v) is 11.2. The molecule has 6 aliphatic heterocycles. The molecule has 1 saturated heterocycles. The Morgan fingerprint density at radius 2 is 1.50 bits per heavy atom. The molecule has 0 aromatic heterocycles. The lowest BCUT2D eigenvalue weighted by atomic mass is 9.88. The Hall–Kier alpha value is -4.24. The van der Waals surface area contributed by atoms with Crippen LogP contribution in [-0.4, -0.2) is 81.3 Å². The first kappa shape index (κ1) is 32.9. The lowest BCUT2D eigenvalue weighted by Crippen LogP contribution is -2.41. The van der Waals surface area contributed by atoms with E-state index in [2.05, 4.69) is 103 Å². The first-order chi connectivity index (χ1) is 24.3. The molecule has 0 saturated carbocycles. The second-order valence-electron chi connectivity index (χ2n) is 14.6. The van der Waals surface area contributed by atoms with Crippen molar-refractivity contribution < 1.29 is 23.7 Å². The van der Waals surface area contributed by atoms with Crippen LogP contribution in [0.2, 0.25) is 0 Å². The highest BCUT2D eigenvalue weighted by molar-refractivity contribution is 5.54. The topological polar surface area (TPSA) is 55.9 Å². The predicted molar refractivity (Wildman–Crippen MR) is 195 cm³/mol. The Bertz CT molecular complexity index is 1830. The molecular formula is C42H49N3O5. The smallest absolute Gasteiger partial charge is 0.170 e. The molecule has 0 spiro atoms. The molecule has 8 nitrogen and oxygen atoms in total. The van der Waals surface area contributed by atoms with E-state index in [0.29, 0.717) is 23.0 Å². The highest BCUT2D eigenvalue weighted by atomic mass is 16.5. The van der Waals surface area contributed by atoms with Crippen LogP contribution in [0.15, 0.2) is 90.1 Å². The van der Waals surface area contributed by atoms with Crippen LogP contribution >= 0.6 is 0 Å². The largest absolute Gasteiger partial charge is 0.493 e. The number of methoxy groups -OCH3 is 1. The molecule has 7 bridgehead atoms. The number of likely N-dealkylation sites (N-methyl/N-ethyl adjacent to an activating group) is 2. The van der Waals surface area contributed by atoms with E-state index in [0.717, 1.165) is 99.7 Å². The molecule has 0 amide bonds. The number of rotatable bonds is 3. The zero-order valence-corrected chi connectivity index (χ0v) is 29.9. The summed E-state index contributed by atoms with van der Waals surface area (Å²) in [5.41, 5.74) is 6.03. The van der Waals surface area contributed by atoms with Crippen LogP contribution in [-0.2, 0) is 24.0 Å². The van der Waals surface area contributed by atoms with Crippen molar-refractivity contribution in [2.24, 2.45) is 0 Å². The molecule has 0 aliphatic carbocycles. The maximum absolute atomic E-state index is 7.06. The van der Waals surface area contributed by atoms with Gasteiger partial charge in [-0.15, -0.1) is 0 Å². The molecule has 3 unspecified atom stereocenters. The Kier molecular flexibility index (Phi) is 9.10. The number of hydrogen-bond donors (Lipinski definition) is 0. The average molecular weight is 676 g/mol. The van der Waals surface area contributed by atoms with Crippen LogP contribution in [0.1, 0.15) is 54.0 Å². The Balaban J connectivity index is 1.25. The van der Waals surface area contributed by atoms with Gasteiger partial charge < -0.3 is 28.6 Å². The molecule has 6 heterocycles. The van der Waals surface area contributed by atoms with E-state index in [1.807, 2.05) is 0 Å². The normalized spacial score (nSPS) is 24.4. The summed E-state index contributed by atoms with van der Waals surface area (Å²) in [6.07, 6.45) is 8.75. The number of likely N-dealkylation sites (tertiary alicyclic amines) is 1. The molecule has 1 fully saturated rings. The van der Waals surface area contributed by atoms with E-state index >= 15 is 0 Å². The number of nitrogens with zero attached hydrogens (tertiary/aromatic N) is 3. The molecule has 3 aromatic rings. The van der Waals surface area contributed by atoms with Gasteiger partial charge in [-0.25, -0.2) is 0 Å². The van der Waals surface area contributed by atoms with Gasteiger partial charge in [-0.05, 0) is 143 Å². The van der Waals surface area contributed by atoms with Crippen molar-refractivity contribution in [2.75, 3.05) is 54.4 Å². The van der Waals surface area contributed by atoms with Gasteiger partial charge in [0.25, 0.3) is 0 Å². The third kappa shape index (κ3) is 6.64. The molecule has 9 rings (SSSR count). The van der Waals surface area contributed by atoms with Crippen molar-refractivity contribution in [3.05, 3.63) is 112 Å². The summed E-state index contributed by atoms with van der Waals surface area (Å²) in [7, 11) is 8.27. The van der Waals surface area contributed by atoms with Gasteiger partial charge in [0.2, 0.25) is 0 Å². The summed E-state index contributed by atoms with van der Waals surface area (Å²) in [5, 5.41) is 0. The van der Waals surface area contributed by atoms with Gasteiger partial charge in [-0.1, -0.05) is 24.8 Å². The highest BCUT2D eigenvalue weighted by Crippen LogP contribution is 2.44. The van der Waals surface area contributed by atoms with Crippen LogP contribution in [0, 0.1) is 0 Å². The van der Waals surface area contributed by atoms with Crippen molar-refractivity contribution in [2.45, 2.75) is 63.1 Å². The van der Waals surface area contributed by atoms with Crippen LogP contribution in [0.5, 0.6) is 28.7 Å². The van der Waals surface area contributed by atoms with Gasteiger partial charge in [0, 0.05) is 25.7 Å². The molecule has 8 heteroatoms. The molecule has 0 radical (unpaired) electrons. The molecule has 0 N–H and O–H groups in total. The van der Waals surface area contributed by atoms with Crippen molar-refractivity contribution in [1.82, 2.24) is 14.7 Å². The summed E-state index contributed by atoms with van der Waals surface area (Å²) in [6.45, 7) is 8.26. The molecule has 3 atom stereocenters. The lowest BCUT2D eigenvalue weighted by Gasteiger charge is -2.37. The zero-order valence-electron chi connectivity index (χ0n) is 29.9. The second kappa shape index (κ2) is 13.8. The van der Waals surface area contributed by atoms with Crippen LogP contribution in [0.4, 0.5) is 0 Å². The Morgan fingerprint density at radius 1 is 0.740 bits per heavy atom. The van der Waals surface area contributed by atoms with E-state index in [9.17, 15) is 0 Å². The molecule has 3 aromatic carbocycles. The van der Waals surface area contributed by atoms with Gasteiger partial charge in [-0.2, -0.15) is 0 Å². The summed E-state index contributed by atoms with van der Waals surface area (Å²) >= 11 is 0. The number of benzene rings is 3. The van der Waals surface area contributed by atoms with Crippen molar-refractivity contribution in [1.29, 1.82) is 0 Å². The van der Waals surface area contributed by atoms with Gasteiger partial charge in [0.15, 0.2) is 34.5 Å². The van der Waals surface area contributed by atoms with Crippen LogP contribution in [0.25, 0.3) is 0 Å². The van der Waals surface area contributed by atoms with Gasteiger partial charge in [0.1, 0.15) is 17.6 Å². The molecule has 262 valence electrons. The van der Waals surface area contributed by atoms with E-state index in [1.165, 1.54) is 22.3 Å². The number of allylic oxidation sites excluding steroid dienone is 1. The van der Waals surface area contributed by atoms with Gasteiger partial charge in [-0.3, -0.25) is 9.80 Å². The summed E-state index contributed by atoms with van der Waals surface area (Å²) in [5.74, 6) is 5.79. The van der Waals surface area contributed by atoms with E-state index < -0.39 is 0 Å². The number of ether oxygens (including phenoxy) is 5. The summed E-state index contributed by atoms with van der Waals surface area (Å²) in [6, 6.07) is 19.6. The minimum absolute atomic E-state index is 0.0120. The Morgan fingerprint density at radius 3 is 2.34 bits per heavy atom. The summed E-state index contributed by atoms with van der Waals surface area (Å²) in [4.78, 5) is 7.24. The monoisotopic (exact) mass is 675 g/mol. The summed E-state index contributed by atoms with van der Waals surface area (Å²) < 4.78 is 32.8. The molecular weight excluding hydrogens is 626 g/mol. The van der Waals surface area contributed by atoms with Gasteiger partial charge in [0.05, 0.1) is 13.2 Å². The fourth-order valence-corrected chi connectivity index (χ4v) is 8.12. The maximum atomic E-state index is 7.06. The standard InChI is InChI=1S/C42H49N3O5/c1-27-38(46-5)25-31-15-20-45(4)36-21-28-8-11-33(12-9-28)49-39-23-29(10-13-37(39)48-32-7-6-17-43(2)18-16-32)22-35-34-26-41(50-42(31)36)40(47-27)24-30(34)14-19-44(35)3/h8-13,23-26,32,35-36H,1,6-7,14-22H2,2-5H3. The van der Waals surface area contributed by atoms with Gasteiger partial charge >= 0.3 is 0 Å². The second-order valence-corrected chi connectivity index (χ2v) is 14.6. The molecule has 6 aliphatic rings. The SMILES string of the molecule is C=C1Oc2cc3c4cc2OC2=C(C=C1OC)CCN(C)C2Cc1ccc(cc1)Oc1cc(ccc1OC1CCCN(C)CC1)CC4N(C)CC3. The quantitative estimate of drug-likeness (QED) is 0.284. The fraction of sp³-hybridized carbons (Fsp3) is 0.429. The average Bonchev–Trinajstić information content (AvgIpc) is 3.29. The first-order valence-corrected chi connectivity index (χ1v) is 18.2. The number of hydrogen-bond acceptors (Lipinski definition) is 8. The van der Waals surface area contributed by atoms with Crippen molar-refractivity contribution in [3.8, 4) is 28.7 Å². The Labute approximate surface area is 296 Å². The van der Waals surface area contributed by atoms with E-state index in [4.69, 9.17) is 23.7 Å². The third-order valence-electron chi connectivity index (χ3n) is 11.2. The minimum atomic E-state index is 0.0120. The van der Waals surface area contributed by atoms with E-state index in [-0.39, 0.29) is 18.2 Å². The predicted octanol–water partition coefficient (Wildman–Crippen LogP) is 7.44.